The van der Waals surface area contributed by atoms with Crippen LogP contribution >= 0.6 is 0 Å². The number of fused-ring (bicyclic) bond motifs is 1. The van der Waals surface area contributed by atoms with Crippen molar-refractivity contribution in [3.63, 3.8) is 0 Å². The van der Waals surface area contributed by atoms with Gasteiger partial charge in [0.25, 0.3) is 5.56 Å². The van der Waals surface area contributed by atoms with Gasteiger partial charge in [-0.3, -0.25) is 9.69 Å². The smallest absolute Gasteiger partial charge is 0.253 e. The summed E-state index contributed by atoms with van der Waals surface area (Å²) >= 11 is 0. The number of benzene rings is 1. The third-order valence-electron chi connectivity index (χ3n) is 6.00. The lowest BCUT2D eigenvalue weighted by Gasteiger charge is -2.32. The number of nitrogens with zero attached hydrogens (tertiary/aromatic N) is 5. The maximum absolute atomic E-state index is 13.3. The summed E-state index contributed by atoms with van der Waals surface area (Å²) in [5.74, 6) is 0.735. The molecular formula is C23H32N6O. The second-order valence-corrected chi connectivity index (χ2v) is 9.57. The van der Waals surface area contributed by atoms with Crippen molar-refractivity contribution in [3.05, 3.63) is 51.1 Å². The Morgan fingerprint density at radius 3 is 2.40 bits per heavy atom. The Balaban J connectivity index is 1.93. The van der Waals surface area contributed by atoms with Crippen LogP contribution in [-0.4, -0.2) is 43.2 Å². The molecule has 1 N–H and O–H groups in total. The fourth-order valence-electron chi connectivity index (χ4n) is 4.60. The number of likely N-dealkylation sites (tertiary alicyclic amines) is 1. The summed E-state index contributed by atoms with van der Waals surface area (Å²) in [7, 11) is 0. The molecule has 0 spiro atoms. The first-order chi connectivity index (χ1) is 14.3. The molecule has 0 bridgehead atoms. The molecule has 7 nitrogen and oxygen atoms in total. The first-order valence-electron chi connectivity index (χ1n) is 10.9. The average Bonchev–Trinajstić information content (AvgIpc) is 3.00. The molecule has 1 fully saturated rings. The summed E-state index contributed by atoms with van der Waals surface area (Å²) < 4.78 is 1.87. The van der Waals surface area contributed by atoms with E-state index in [-0.39, 0.29) is 17.1 Å². The minimum Gasteiger partial charge on any atom is -0.321 e. The van der Waals surface area contributed by atoms with E-state index in [0.717, 1.165) is 53.8 Å². The molecule has 1 aliphatic rings. The number of tetrazole rings is 1. The standard InChI is InChI=1S/C23H32N6O/c1-15-12-16(2)19-17(13-15)14-18(22(30)24-19)20(28-10-8-6-7-9-11-28)21-25-26-27-29(21)23(3,4)5/h12-14,20H,6-11H2,1-5H3,(H,24,30). The fraction of sp³-hybridized carbons (Fsp3) is 0.565. The molecule has 30 heavy (non-hydrogen) atoms. The molecule has 1 unspecified atom stereocenters. The molecule has 1 atom stereocenters. The molecule has 2 aromatic heterocycles. The molecule has 0 amide bonds. The van der Waals surface area contributed by atoms with Crippen molar-refractivity contribution in [2.24, 2.45) is 0 Å². The monoisotopic (exact) mass is 408 g/mol. The summed E-state index contributed by atoms with van der Waals surface area (Å²) in [5.41, 5.74) is 3.55. The van der Waals surface area contributed by atoms with Crippen molar-refractivity contribution >= 4 is 10.9 Å². The van der Waals surface area contributed by atoms with Crippen LogP contribution in [0.15, 0.2) is 23.0 Å². The Morgan fingerprint density at radius 1 is 1.03 bits per heavy atom. The average molecular weight is 409 g/mol. The van der Waals surface area contributed by atoms with E-state index >= 15 is 0 Å². The van der Waals surface area contributed by atoms with E-state index in [2.05, 4.69) is 65.2 Å². The number of pyridine rings is 1. The number of aromatic nitrogens is 5. The fourth-order valence-corrected chi connectivity index (χ4v) is 4.60. The summed E-state index contributed by atoms with van der Waals surface area (Å²) in [4.78, 5) is 18.9. The van der Waals surface area contributed by atoms with Crippen LogP contribution in [0.4, 0.5) is 0 Å². The van der Waals surface area contributed by atoms with Gasteiger partial charge in [-0.1, -0.05) is 24.5 Å². The van der Waals surface area contributed by atoms with E-state index in [4.69, 9.17) is 0 Å². The quantitative estimate of drug-likeness (QED) is 0.712. The summed E-state index contributed by atoms with van der Waals surface area (Å²) in [5, 5.41) is 13.8. The lowest BCUT2D eigenvalue weighted by atomic mass is 9.99. The van der Waals surface area contributed by atoms with Gasteiger partial charge in [0.2, 0.25) is 0 Å². The predicted molar refractivity (Wildman–Crippen MR) is 119 cm³/mol. The van der Waals surface area contributed by atoms with Crippen molar-refractivity contribution in [2.75, 3.05) is 13.1 Å². The molecule has 3 heterocycles. The Morgan fingerprint density at radius 2 is 1.73 bits per heavy atom. The molecule has 0 aliphatic carbocycles. The van der Waals surface area contributed by atoms with E-state index in [1.807, 2.05) is 17.7 Å². The van der Waals surface area contributed by atoms with Crippen molar-refractivity contribution in [1.82, 2.24) is 30.1 Å². The van der Waals surface area contributed by atoms with Crippen molar-refractivity contribution in [2.45, 2.75) is 71.9 Å². The van der Waals surface area contributed by atoms with E-state index in [0.29, 0.717) is 0 Å². The molecule has 1 aliphatic heterocycles. The van der Waals surface area contributed by atoms with Gasteiger partial charge in [-0.25, -0.2) is 4.68 Å². The number of rotatable bonds is 3. The van der Waals surface area contributed by atoms with Crippen LogP contribution in [0.5, 0.6) is 0 Å². The van der Waals surface area contributed by atoms with Gasteiger partial charge in [-0.2, -0.15) is 0 Å². The minimum absolute atomic E-state index is 0.0628. The van der Waals surface area contributed by atoms with E-state index < -0.39 is 0 Å². The second kappa shape index (κ2) is 7.95. The zero-order chi connectivity index (χ0) is 21.5. The lowest BCUT2D eigenvalue weighted by molar-refractivity contribution is 0.208. The van der Waals surface area contributed by atoms with Crippen molar-refractivity contribution < 1.29 is 0 Å². The maximum Gasteiger partial charge on any atom is 0.253 e. The molecule has 3 aromatic rings. The van der Waals surface area contributed by atoms with Crippen LogP contribution in [0.2, 0.25) is 0 Å². The van der Waals surface area contributed by atoms with Gasteiger partial charge in [0.1, 0.15) is 6.04 Å². The third kappa shape index (κ3) is 3.90. The number of aryl methyl sites for hydroxylation is 2. The van der Waals surface area contributed by atoms with Gasteiger partial charge in [0.05, 0.1) is 11.1 Å². The predicted octanol–water partition coefficient (Wildman–Crippen LogP) is 3.85. The molecule has 7 heteroatoms. The highest BCUT2D eigenvalue weighted by Gasteiger charge is 2.33. The first-order valence-corrected chi connectivity index (χ1v) is 10.9. The van der Waals surface area contributed by atoms with E-state index in [1.165, 1.54) is 18.4 Å². The number of hydrogen-bond acceptors (Lipinski definition) is 5. The molecule has 0 saturated carbocycles. The number of aromatic amines is 1. The topological polar surface area (TPSA) is 79.7 Å². The summed E-state index contributed by atoms with van der Waals surface area (Å²) in [6, 6.07) is 6.01. The normalized spacial score (nSPS) is 17.2. The van der Waals surface area contributed by atoms with E-state index in [9.17, 15) is 4.79 Å². The van der Waals surface area contributed by atoms with Gasteiger partial charge in [0, 0.05) is 5.56 Å². The lowest BCUT2D eigenvalue weighted by Crippen LogP contribution is -2.38. The van der Waals surface area contributed by atoms with Crippen molar-refractivity contribution in [3.8, 4) is 0 Å². The molecule has 160 valence electrons. The highest BCUT2D eigenvalue weighted by atomic mass is 16.1. The zero-order valence-corrected chi connectivity index (χ0v) is 18.7. The Kier molecular flexibility index (Phi) is 5.49. The van der Waals surface area contributed by atoms with Crippen LogP contribution in [-0.2, 0) is 5.54 Å². The highest BCUT2D eigenvalue weighted by Crippen LogP contribution is 2.31. The van der Waals surface area contributed by atoms with E-state index in [1.54, 1.807) is 0 Å². The van der Waals surface area contributed by atoms with Gasteiger partial charge in [-0.15, -0.1) is 5.10 Å². The van der Waals surface area contributed by atoms with Gasteiger partial charge in [-0.05, 0) is 94.1 Å². The Labute approximate surface area is 177 Å². The SMILES string of the molecule is Cc1cc(C)c2[nH]c(=O)c(C(c3nnnn3C(C)(C)C)N3CCCCCC3)cc2c1. The van der Waals surface area contributed by atoms with Gasteiger partial charge in [0.15, 0.2) is 5.82 Å². The number of hydrogen-bond donors (Lipinski definition) is 1. The molecule has 4 rings (SSSR count). The van der Waals surface area contributed by atoms with Crippen LogP contribution in [0.3, 0.4) is 0 Å². The Bertz CT molecular complexity index is 1100. The first kappa shape index (κ1) is 20.7. The number of H-pyrrole nitrogens is 1. The molecular weight excluding hydrogens is 376 g/mol. The largest absolute Gasteiger partial charge is 0.321 e. The van der Waals surface area contributed by atoms with Crippen LogP contribution in [0.25, 0.3) is 10.9 Å². The molecule has 1 saturated heterocycles. The molecule has 0 radical (unpaired) electrons. The third-order valence-corrected chi connectivity index (χ3v) is 6.00. The summed E-state index contributed by atoms with van der Waals surface area (Å²) in [6.45, 7) is 12.3. The van der Waals surface area contributed by atoms with Crippen LogP contribution < -0.4 is 5.56 Å². The van der Waals surface area contributed by atoms with Gasteiger partial charge < -0.3 is 4.98 Å². The zero-order valence-electron chi connectivity index (χ0n) is 18.7. The summed E-state index contributed by atoms with van der Waals surface area (Å²) in [6.07, 6.45) is 4.69. The number of nitrogens with one attached hydrogen (secondary N) is 1. The minimum atomic E-state index is -0.278. The maximum atomic E-state index is 13.3. The van der Waals surface area contributed by atoms with Crippen LogP contribution in [0, 0.1) is 13.8 Å². The van der Waals surface area contributed by atoms with Crippen LogP contribution in [0.1, 0.15) is 75.0 Å². The highest BCUT2D eigenvalue weighted by molar-refractivity contribution is 5.83. The second-order valence-electron chi connectivity index (χ2n) is 9.57. The molecule has 1 aromatic carbocycles. The van der Waals surface area contributed by atoms with Gasteiger partial charge >= 0.3 is 0 Å². The van der Waals surface area contributed by atoms with Crippen molar-refractivity contribution in [1.29, 1.82) is 0 Å². The Hall–Kier alpha value is -2.54.